The van der Waals surface area contributed by atoms with Gasteiger partial charge in [-0.2, -0.15) is 0 Å². The second-order valence-corrected chi connectivity index (χ2v) is 8.88. The Morgan fingerprint density at radius 1 is 1.38 bits per heavy atom. The molecule has 4 nitrogen and oxygen atoms in total. The van der Waals surface area contributed by atoms with E-state index in [2.05, 4.69) is 44.2 Å². The minimum absolute atomic E-state index is 0.130. The maximum atomic E-state index is 12.4. The lowest BCUT2D eigenvalue weighted by molar-refractivity contribution is -0.129. The summed E-state index contributed by atoms with van der Waals surface area (Å²) in [7, 11) is 0. The highest BCUT2D eigenvalue weighted by Gasteiger charge is 2.49. The second-order valence-electron chi connectivity index (χ2n) is 8.88. The smallest absolute Gasteiger partial charge is 0.223 e. The summed E-state index contributed by atoms with van der Waals surface area (Å²) in [5, 5.41) is 7.56. The molecule has 1 aromatic rings. The number of nitrogens with zero attached hydrogens (tertiary/aromatic N) is 1. The molecule has 2 saturated carbocycles. The molecule has 0 radical (unpaired) electrons. The highest BCUT2D eigenvalue weighted by atomic mass is 16.5. The average Bonchev–Trinajstić information content (AvgIpc) is 3.17. The Kier molecular flexibility index (Phi) is 5.03. The van der Waals surface area contributed by atoms with E-state index in [1.54, 1.807) is 0 Å². The summed E-state index contributed by atoms with van der Waals surface area (Å²) < 4.78 is 5.45. The van der Waals surface area contributed by atoms with Crippen LogP contribution in [-0.4, -0.2) is 17.1 Å². The van der Waals surface area contributed by atoms with Gasteiger partial charge in [-0.25, -0.2) is 0 Å². The molecule has 134 valence electrons. The van der Waals surface area contributed by atoms with Crippen LogP contribution in [-0.2, 0) is 17.6 Å². The summed E-state index contributed by atoms with van der Waals surface area (Å²) in [6, 6.07) is 2.41. The van der Waals surface area contributed by atoms with Gasteiger partial charge in [0.25, 0.3) is 0 Å². The van der Waals surface area contributed by atoms with Gasteiger partial charge in [0.1, 0.15) is 5.76 Å². The summed E-state index contributed by atoms with van der Waals surface area (Å²) in [5.41, 5.74) is 1.19. The third kappa shape index (κ3) is 3.68. The molecule has 1 heterocycles. The molecule has 1 aromatic heterocycles. The Balaban J connectivity index is 1.52. The number of carbonyl (C=O) groups is 1. The van der Waals surface area contributed by atoms with E-state index in [0.717, 1.165) is 43.6 Å². The summed E-state index contributed by atoms with van der Waals surface area (Å²) in [6.45, 7) is 8.93. The molecule has 0 aliphatic heterocycles. The number of hydrogen-bond donors (Lipinski definition) is 1. The molecule has 2 unspecified atom stereocenters. The highest BCUT2D eigenvalue weighted by Crippen LogP contribution is 2.48. The Hall–Kier alpha value is -1.32. The lowest BCUT2D eigenvalue weighted by Crippen LogP contribution is -2.59. The molecule has 2 fully saturated rings. The Morgan fingerprint density at radius 2 is 2.08 bits per heavy atom. The van der Waals surface area contributed by atoms with Crippen molar-refractivity contribution in [3.05, 3.63) is 17.5 Å². The first-order chi connectivity index (χ1) is 11.4. The molecular weight excluding hydrogens is 300 g/mol. The van der Waals surface area contributed by atoms with Crippen LogP contribution in [0, 0.1) is 23.2 Å². The number of aromatic nitrogens is 1. The Morgan fingerprint density at radius 3 is 2.71 bits per heavy atom. The first-order valence-corrected chi connectivity index (χ1v) is 9.61. The Labute approximate surface area is 145 Å². The number of nitrogens with one attached hydrogen (secondary N) is 1. The molecule has 24 heavy (non-hydrogen) atoms. The first-order valence-electron chi connectivity index (χ1n) is 9.61. The summed E-state index contributed by atoms with van der Waals surface area (Å²) in [5.74, 6) is 2.67. The maximum Gasteiger partial charge on any atom is 0.223 e. The molecule has 2 atom stereocenters. The van der Waals surface area contributed by atoms with Gasteiger partial charge < -0.3 is 9.84 Å². The van der Waals surface area contributed by atoms with E-state index in [1.807, 2.05) is 0 Å². The van der Waals surface area contributed by atoms with Gasteiger partial charge in [-0.15, -0.1) is 0 Å². The van der Waals surface area contributed by atoms with E-state index in [1.165, 1.54) is 12.8 Å². The van der Waals surface area contributed by atoms with Crippen molar-refractivity contribution in [3.63, 3.8) is 0 Å². The van der Waals surface area contributed by atoms with E-state index in [-0.39, 0.29) is 17.2 Å². The topological polar surface area (TPSA) is 55.1 Å². The summed E-state index contributed by atoms with van der Waals surface area (Å²) in [4.78, 5) is 12.4. The summed E-state index contributed by atoms with van der Waals surface area (Å²) in [6.07, 6.45) is 7.50. The minimum Gasteiger partial charge on any atom is -0.361 e. The van der Waals surface area contributed by atoms with Crippen LogP contribution in [0.4, 0.5) is 0 Å². The van der Waals surface area contributed by atoms with Crippen LogP contribution in [0.25, 0.3) is 0 Å². The van der Waals surface area contributed by atoms with Gasteiger partial charge in [-0.05, 0) is 42.9 Å². The van der Waals surface area contributed by atoms with Gasteiger partial charge in [0.05, 0.1) is 5.69 Å². The quantitative estimate of drug-likeness (QED) is 0.852. The van der Waals surface area contributed by atoms with Gasteiger partial charge >= 0.3 is 0 Å². The zero-order valence-electron chi connectivity index (χ0n) is 15.6. The highest BCUT2D eigenvalue weighted by molar-refractivity contribution is 5.79. The second kappa shape index (κ2) is 6.89. The van der Waals surface area contributed by atoms with Crippen molar-refractivity contribution >= 4 is 5.91 Å². The van der Waals surface area contributed by atoms with Crippen LogP contribution in [0.15, 0.2) is 10.6 Å². The minimum atomic E-state index is 0.130. The fourth-order valence-electron chi connectivity index (χ4n) is 4.29. The molecule has 1 N–H and O–H groups in total. The van der Waals surface area contributed by atoms with Gasteiger partial charge in [0.2, 0.25) is 5.91 Å². The Bertz CT molecular complexity index is 570. The molecule has 0 saturated heterocycles. The zero-order valence-corrected chi connectivity index (χ0v) is 15.6. The van der Waals surface area contributed by atoms with E-state index in [4.69, 9.17) is 4.52 Å². The van der Waals surface area contributed by atoms with Gasteiger partial charge in [-0.1, -0.05) is 45.7 Å². The van der Waals surface area contributed by atoms with Crippen molar-refractivity contribution in [1.29, 1.82) is 0 Å². The zero-order chi connectivity index (χ0) is 17.3. The molecule has 2 aliphatic carbocycles. The molecule has 3 rings (SSSR count). The fourth-order valence-corrected chi connectivity index (χ4v) is 4.29. The SMILES string of the molecule is CC(C)Cc1cc(CC2CC(NC(=O)C3CCCC3)C2(C)C)no1. The normalized spacial score (nSPS) is 26.5. The van der Waals surface area contributed by atoms with Gasteiger partial charge in [0, 0.05) is 24.4 Å². The van der Waals surface area contributed by atoms with Crippen LogP contribution in [0.1, 0.15) is 71.3 Å². The number of carbonyl (C=O) groups excluding carboxylic acids is 1. The van der Waals surface area contributed by atoms with Crippen LogP contribution in [0.5, 0.6) is 0 Å². The molecule has 1 amide bonds. The van der Waals surface area contributed by atoms with Crippen molar-refractivity contribution < 1.29 is 9.32 Å². The van der Waals surface area contributed by atoms with E-state index in [9.17, 15) is 4.79 Å². The first kappa shape index (κ1) is 17.5. The predicted octanol–water partition coefficient (Wildman–Crippen LogP) is 4.14. The van der Waals surface area contributed by atoms with Crippen molar-refractivity contribution in [3.8, 4) is 0 Å². The van der Waals surface area contributed by atoms with Gasteiger partial charge in [0.15, 0.2) is 0 Å². The van der Waals surface area contributed by atoms with E-state index < -0.39 is 0 Å². The summed E-state index contributed by atoms with van der Waals surface area (Å²) >= 11 is 0. The largest absolute Gasteiger partial charge is 0.361 e. The van der Waals surface area contributed by atoms with Gasteiger partial charge in [-0.3, -0.25) is 4.79 Å². The van der Waals surface area contributed by atoms with E-state index in [0.29, 0.717) is 17.9 Å². The fraction of sp³-hybridized carbons (Fsp3) is 0.800. The van der Waals surface area contributed by atoms with Crippen molar-refractivity contribution in [2.75, 3.05) is 0 Å². The number of amides is 1. The maximum absolute atomic E-state index is 12.4. The lowest BCUT2D eigenvalue weighted by atomic mass is 9.57. The lowest BCUT2D eigenvalue weighted by Gasteiger charge is -2.52. The van der Waals surface area contributed by atoms with Crippen molar-refractivity contribution in [2.24, 2.45) is 23.2 Å². The third-order valence-corrected chi connectivity index (χ3v) is 6.19. The predicted molar refractivity (Wildman–Crippen MR) is 94.5 cm³/mol. The van der Waals surface area contributed by atoms with Crippen LogP contribution >= 0.6 is 0 Å². The molecule has 0 aromatic carbocycles. The van der Waals surface area contributed by atoms with Crippen LogP contribution < -0.4 is 5.32 Å². The van der Waals surface area contributed by atoms with Crippen molar-refractivity contribution in [1.82, 2.24) is 10.5 Å². The molecular formula is C20H32N2O2. The van der Waals surface area contributed by atoms with Crippen LogP contribution in [0.2, 0.25) is 0 Å². The van der Waals surface area contributed by atoms with Crippen LogP contribution in [0.3, 0.4) is 0 Å². The third-order valence-electron chi connectivity index (χ3n) is 6.19. The number of hydrogen-bond acceptors (Lipinski definition) is 3. The molecule has 2 aliphatic rings. The average molecular weight is 332 g/mol. The molecule has 0 bridgehead atoms. The van der Waals surface area contributed by atoms with E-state index >= 15 is 0 Å². The molecule has 0 spiro atoms. The van der Waals surface area contributed by atoms with Crippen molar-refractivity contribution in [2.45, 2.75) is 78.7 Å². The monoisotopic (exact) mass is 332 g/mol. The standard InChI is InChI=1S/C20H32N2O2/c1-13(2)9-17-12-16(22-24-17)10-15-11-18(20(15,3)4)21-19(23)14-7-5-6-8-14/h12-15,18H,5-11H2,1-4H3,(H,21,23). The number of rotatable bonds is 6. The molecule has 4 heteroatoms.